The molecular formula is C12H17N3O3S. The summed E-state index contributed by atoms with van der Waals surface area (Å²) in [6.45, 7) is 4.95. The number of anilines is 1. The summed E-state index contributed by atoms with van der Waals surface area (Å²) in [5.41, 5.74) is -0.475. The van der Waals surface area contributed by atoms with Crippen molar-refractivity contribution >= 4 is 28.3 Å². The minimum atomic E-state index is -1.01. The molecule has 1 N–H and O–H groups in total. The molecule has 0 radical (unpaired) electrons. The number of hydrogen-bond donors (Lipinski definition) is 1. The lowest BCUT2D eigenvalue weighted by Crippen LogP contribution is -2.48. The number of piperazine rings is 1. The van der Waals surface area contributed by atoms with Gasteiger partial charge in [-0.05, 0) is 13.8 Å². The molecular weight excluding hydrogens is 266 g/mol. The normalized spacial score (nSPS) is 16.9. The van der Waals surface area contributed by atoms with Gasteiger partial charge in [-0.15, -0.1) is 11.3 Å². The molecule has 2 heterocycles. The molecule has 7 heteroatoms. The summed E-state index contributed by atoms with van der Waals surface area (Å²) < 4.78 is 0. The number of thiazole rings is 1. The van der Waals surface area contributed by atoms with Crippen LogP contribution in [0, 0.1) is 0 Å². The Balaban J connectivity index is 2.18. The number of aromatic nitrogens is 1. The van der Waals surface area contributed by atoms with Crippen molar-refractivity contribution < 1.29 is 14.7 Å². The van der Waals surface area contributed by atoms with Crippen LogP contribution >= 0.6 is 11.3 Å². The van der Waals surface area contributed by atoms with E-state index >= 15 is 0 Å². The van der Waals surface area contributed by atoms with Crippen LogP contribution in [0.4, 0.5) is 5.13 Å². The van der Waals surface area contributed by atoms with Gasteiger partial charge in [-0.25, -0.2) is 4.98 Å². The van der Waals surface area contributed by atoms with E-state index in [2.05, 4.69) is 4.98 Å². The highest BCUT2D eigenvalue weighted by atomic mass is 32.1. The summed E-state index contributed by atoms with van der Waals surface area (Å²) in [5.74, 6) is -0.848. The molecule has 1 fully saturated rings. The second-order valence-electron chi connectivity index (χ2n) is 5.18. The molecule has 1 saturated heterocycles. The highest BCUT2D eigenvalue weighted by molar-refractivity contribution is 7.13. The van der Waals surface area contributed by atoms with Gasteiger partial charge >= 0.3 is 5.97 Å². The molecule has 0 spiro atoms. The second kappa shape index (κ2) is 4.80. The van der Waals surface area contributed by atoms with Gasteiger partial charge in [0.25, 0.3) is 0 Å². The fourth-order valence-corrected chi connectivity index (χ4v) is 2.75. The summed E-state index contributed by atoms with van der Waals surface area (Å²) in [6.07, 6.45) is 0. The van der Waals surface area contributed by atoms with E-state index in [1.165, 1.54) is 11.3 Å². The molecule has 0 aromatic carbocycles. The summed E-state index contributed by atoms with van der Waals surface area (Å²) in [4.78, 5) is 30.8. The van der Waals surface area contributed by atoms with Gasteiger partial charge in [-0.3, -0.25) is 9.59 Å². The van der Waals surface area contributed by atoms with Gasteiger partial charge < -0.3 is 14.9 Å². The first kappa shape index (κ1) is 13.8. The molecule has 0 aliphatic carbocycles. The zero-order valence-electron chi connectivity index (χ0n) is 11.2. The molecule has 0 unspecified atom stereocenters. The van der Waals surface area contributed by atoms with Crippen molar-refractivity contribution in [2.45, 2.75) is 19.3 Å². The van der Waals surface area contributed by atoms with Gasteiger partial charge in [0, 0.05) is 25.5 Å². The standard InChI is InChI=1S/C12H17N3O3S/c1-12(2,10(17)18)8-7-19-11(13-8)15-5-4-14(3)9(16)6-15/h7H,4-6H2,1-3H3,(H,17,18). The molecule has 1 aliphatic heterocycles. The quantitative estimate of drug-likeness (QED) is 0.887. The molecule has 1 aromatic heterocycles. The van der Waals surface area contributed by atoms with Gasteiger partial charge in [0.15, 0.2) is 5.13 Å². The van der Waals surface area contributed by atoms with Crippen molar-refractivity contribution in [3.63, 3.8) is 0 Å². The lowest BCUT2D eigenvalue weighted by molar-refractivity contribution is -0.142. The van der Waals surface area contributed by atoms with Crippen molar-refractivity contribution in [1.29, 1.82) is 0 Å². The topological polar surface area (TPSA) is 73.7 Å². The van der Waals surface area contributed by atoms with Crippen LogP contribution in [0.2, 0.25) is 0 Å². The summed E-state index contributed by atoms with van der Waals surface area (Å²) in [6, 6.07) is 0. The number of likely N-dealkylation sites (N-methyl/N-ethyl adjacent to an activating group) is 1. The van der Waals surface area contributed by atoms with Crippen LogP contribution in [0.1, 0.15) is 19.5 Å². The third-order valence-electron chi connectivity index (χ3n) is 3.39. The lowest BCUT2D eigenvalue weighted by atomic mass is 9.90. The van der Waals surface area contributed by atoms with Crippen molar-refractivity contribution in [2.24, 2.45) is 0 Å². The van der Waals surface area contributed by atoms with Crippen molar-refractivity contribution in [3.8, 4) is 0 Å². The van der Waals surface area contributed by atoms with E-state index in [0.717, 1.165) is 6.54 Å². The summed E-state index contributed by atoms with van der Waals surface area (Å²) in [7, 11) is 1.78. The fraction of sp³-hybridized carbons (Fsp3) is 0.583. The Bertz CT molecular complexity index is 512. The van der Waals surface area contributed by atoms with Crippen LogP contribution in [0.15, 0.2) is 5.38 Å². The lowest BCUT2D eigenvalue weighted by Gasteiger charge is -2.31. The number of carboxylic acids is 1. The third-order valence-corrected chi connectivity index (χ3v) is 4.30. The van der Waals surface area contributed by atoms with Gasteiger partial charge in [-0.2, -0.15) is 0 Å². The zero-order valence-corrected chi connectivity index (χ0v) is 12.0. The fourth-order valence-electron chi connectivity index (χ4n) is 1.73. The average molecular weight is 283 g/mol. The molecule has 104 valence electrons. The van der Waals surface area contributed by atoms with E-state index in [4.69, 9.17) is 0 Å². The van der Waals surface area contributed by atoms with Crippen LogP contribution in [-0.4, -0.2) is 53.5 Å². The molecule has 1 amide bonds. The molecule has 0 atom stereocenters. The van der Waals surface area contributed by atoms with E-state index in [1.54, 1.807) is 31.2 Å². The average Bonchev–Trinajstić information content (AvgIpc) is 2.82. The Morgan fingerprint density at radius 2 is 2.16 bits per heavy atom. The predicted molar refractivity (Wildman–Crippen MR) is 72.6 cm³/mol. The Morgan fingerprint density at radius 3 is 2.74 bits per heavy atom. The second-order valence-corrected chi connectivity index (χ2v) is 6.02. The minimum absolute atomic E-state index is 0.0560. The van der Waals surface area contributed by atoms with E-state index in [-0.39, 0.29) is 5.91 Å². The van der Waals surface area contributed by atoms with Crippen LogP contribution in [0.3, 0.4) is 0 Å². The highest BCUT2D eigenvalue weighted by Gasteiger charge is 2.33. The smallest absolute Gasteiger partial charge is 0.315 e. The van der Waals surface area contributed by atoms with Crippen molar-refractivity contribution in [3.05, 3.63) is 11.1 Å². The van der Waals surface area contributed by atoms with Crippen molar-refractivity contribution in [2.75, 3.05) is 31.6 Å². The number of nitrogens with zero attached hydrogens (tertiary/aromatic N) is 3. The number of carboxylic acid groups (broad SMARTS) is 1. The van der Waals surface area contributed by atoms with E-state index in [9.17, 15) is 14.7 Å². The Hall–Kier alpha value is -1.63. The molecule has 19 heavy (non-hydrogen) atoms. The van der Waals surface area contributed by atoms with Gasteiger partial charge in [-0.1, -0.05) is 0 Å². The maximum absolute atomic E-state index is 11.7. The minimum Gasteiger partial charge on any atom is -0.481 e. The number of rotatable bonds is 3. The van der Waals surface area contributed by atoms with E-state index in [0.29, 0.717) is 23.9 Å². The first-order valence-electron chi connectivity index (χ1n) is 6.00. The molecule has 1 aromatic rings. The predicted octanol–water partition coefficient (Wildman–Crippen LogP) is 0.784. The monoisotopic (exact) mass is 283 g/mol. The SMILES string of the molecule is CN1CCN(c2nc(C(C)(C)C(=O)O)cs2)CC1=O. The molecule has 6 nitrogen and oxygen atoms in total. The Kier molecular flexibility index (Phi) is 3.49. The first-order valence-corrected chi connectivity index (χ1v) is 6.88. The van der Waals surface area contributed by atoms with Gasteiger partial charge in [0.05, 0.1) is 12.2 Å². The van der Waals surface area contributed by atoms with Gasteiger partial charge in [0.1, 0.15) is 5.41 Å². The Morgan fingerprint density at radius 1 is 1.47 bits per heavy atom. The number of hydrogen-bond acceptors (Lipinski definition) is 5. The molecule has 0 saturated carbocycles. The zero-order chi connectivity index (χ0) is 14.2. The maximum atomic E-state index is 11.7. The van der Waals surface area contributed by atoms with E-state index in [1.807, 2.05) is 4.90 Å². The number of carbonyl (C=O) groups excluding carboxylic acids is 1. The van der Waals surface area contributed by atoms with Crippen LogP contribution < -0.4 is 4.90 Å². The largest absolute Gasteiger partial charge is 0.481 e. The molecule has 0 bridgehead atoms. The Labute approximate surface area is 115 Å². The van der Waals surface area contributed by atoms with Crippen LogP contribution in [-0.2, 0) is 15.0 Å². The number of carbonyl (C=O) groups is 2. The van der Waals surface area contributed by atoms with Crippen LogP contribution in [0.5, 0.6) is 0 Å². The first-order chi connectivity index (χ1) is 8.82. The molecule has 1 aliphatic rings. The van der Waals surface area contributed by atoms with Gasteiger partial charge in [0.2, 0.25) is 5.91 Å². The molecule has 2 rings (SSSR count). The number of aliphatic carboxylic acids is 1. The highest BCUT2D eigenvalue weighted by Crippen LogP contribution is 2.29. The van der Waals surface area contributed by atoms with Crippen LogP contribution in [0.25, 0.3) is 0 Å². The summed E-state index contributed by atoms with van der Waals surface area (Å²) in [5, 5.41) is 11.7. The van der Waals surface area contributed by atoms with E-state index < -0.39 is 11.4 Å². The van der Waals surface area contributed by atoms with Crippen molar-refractivity contribution in [1.82, 2.24) is 9.88 Å². The number of amides is 1. The third kappa shape index (κ3) is 2.56. The summed E-state index contributed by atoms with van der Waals surface area (Å²) >= 11 is 1.38. The maximum Gasteiger partial charge on any atom is 0.315 e.